The Kier molecular flexibility index (Phi) is 5.66. The van der Waals surface area contributed by atoms with Gasteiger partial charge in [0.05, 0.1) is 10.7 Å². The SMILES string of the molecule is Cc1cccc(OCC(=O)N/N=C\c2ccc(F)c(Br)c2)c1. The zero-order valence-electron chi connectivity index (χ0n) is 11.8. The molecular weight excluding hydrogens is 351 g/mol. The number of nitrogens with zero attached hydrogens (tertiary/aromatic N) is 1. The van der Waals surface area contributed by atoms with E-state index in [2.05, 4.69) is 26.5 Å². The van der Waals surface area contributed by atoms with Gasteiger partial charge in [-0.05, 0) is 58.2 Å². The van der Waals surface area contributed by atoms with E-state index in [1.54, 1.807) is 18.2 Å². The van der Waals surface area contributed by atoms with Crippen molar-refractivity contribution < 1.29 is 13.9 Å². The van der Waals surface area contributed by atoms with Crippen LogP contribution < -0.4 is 10.2 Å². The summed E-state index contributed by atoms with van der Waals surface area (Å²) in [5, 5.41) is 3.79. The van der Waals surface area contributed by atoms with E-state index in [-0.39, 0.29) is 18.3 Å². The number of carbonyl (C=O) groups excluding carboxylic acids is 1. The molecule has 6 heteroatoms. The number of carbonyl (C=O) groups is 1. The smallest absolute Gasteiger partial charge is 0.277 e. The first kappa shape index (κ1) is 16.2. The summed E-state index contributed by atoms with van der Waals surface area (Å²) in [7, 11) is 0. The number of hydrazone groups is 1. The molecule has 0 atom stereocenters. The average Bonchev–Trinajstić information content (AvgIpc) is 2.49. The molecule has 0 bridgehead atoms. The van der Waals surface area contributed by atoms with Crippen molar-refractivity contribution in [3.05, 3.63) is 63.9 Å². The fourth-order valence-corrected chi connectivity index (χ4v) is 2.05. The molecule has 0 fully saturated rings. The molecule has 0 aromatic heterocycles. The van der Waals surface area contributed by atoms with E-state index in [9.17, 15) is 9.18 Å². The molecule has 0 unspecified atom stereocenters. The molecule has 0 radical (unpaired) electrons. The molecule has 22 heavy (non-hydrogen) atoms. The van der Waals surface area contributed by atoms with Crippen LogP contribution >= 0.6 is 15.9 Å². The van der Waals surface area contributed by atoms with Crippen molar-refractivity contribution in [2.75, 3.05) is 6.61 Å². The molecule has 0 saturated heterocycles. The summed E-state index contributed by atoms with van der Waals surface area (Å²) in [6, 6.07) is 11.8. The summed E-state index contributed by atoms with van der Waals surface area (Å²) < 4.78 is 18.7. The lowest BCUT2D eigenvalue weighted by molar-refractivity contribution is -0.123. The van der Waals surface area contributed by atoms with Crippen LogP contribution in [0, 0.1) is 12.7 Å². The first-order valence-corrected chi connectivity index (χ1v) is 7.30. The van der Waals surface area contributed by atoms with Gasteiger partial charge in [-0.25, -0.2) is 9.82 Å². The monoisotopic (exact) mass is 364 g/mol. The largest absolute Gasteiger partial charge is 0.484 e. The molecular formula is C16H14BrFN2O2. The second-order valence-corrected chi connectivity index (χ2v) is 5.43. The van der Waals surface area contributed by atoms with E-state index in [0.29, 0.717) is 15.8 Å². The third-order valence-corrected chi connectivity index (χ3v) is 3.31. The van der Waals surface area contributed by atoms with Crippen molar-refractivity contribution in [3.8, 4) is 5.75 Å². The zero-order chi connectivity index (χ0) is 15.9. The standard InChI is InChI=1S/C16H14BrFN2O2/c1-11-3-2-4-13(7-11)22-10-16(21)20-19-9-12-5-6-15(18)14(17)8-12/h2-9H,10H2,1H3,(H,20,21)/b19-9-. The molecule has 0 spiro atoms. The van der Waals surface area contributed by atoms with Crippen molar-refractivity contribution in [3.63, 3.8) is 0 Å². The number of benzene rings is 2. The van der Waals surface area contributed by atoms with Crippen LogP contribution in [0.4, 0.5) is 4.39 Å². The van der Waals surface area contributed by atoms with Crippen LogP contribution in [0.3, 0.4) is 0 Å². The molecule has 2 aromatic rings. The number of hydrogen-bond acceptors (Lipinski definition) is 3. The van der Waals surface area contributed by atoms with E-state index >= 15 is 0 Å². The highest BCUT2D eigenvalue weighted by atomic mass is 79.9. The number of ether oxygens (including phenoxy) is 1. The number of aryl methyl sites for hydroxylation is 1. The van der Waals surface area contributed by atoms with Gasteiger partial charge in [0.25, 0.3) is 5.91 Å². The summed E-state index contributed by atoms with van der Waals surface area (Å²) in [4.78, 5) is 11.6. The highest BCUT2D eigenvalue weighted by Gasteiger charge is 2.02. The summed E-state index contributed by atoms with van der Waals surface area (Å²) in [5.41, 5.74) is 4.06. The lowest BCUT2D eigenvalue weighted by atomic mass is 10.2. The van der Waals surface area contributed by atoms with Crippen LogP contribution in [0.25, 0.3) is 0 Å². The summed E-state index contributed by atoms with van der Waals surface area (Å²) >= 11 is 3.08. The first-order valence-electron chi connectivity index (χ1n) is 6.51. The van der Waals surface area contributed by atoms with Gasteiger partial charge in [-0.1, -0.05) is 18.2 Å². The van der Waals surface area contributed by atoms with E-state index in [1.165, 1.54) is 12.3 Å². The number of nitrogens with one attached hydrogen (secondary N) is 1. The maximum atomic E-state index is 13.1. The third-order valence-electron chi connectivity index (χ3n) is 2.71. The second kappa shape index (κ2) is 7.70. The number of rotatable bonds is 5. The summed E-state index contributed by atoms with van der Waals surface area (Å²) in [5.74, 6) is -0.103. The molecule has 1 amide bonds. The lowest BCUT2D eigenvalue weighted by Gasteiger charge is -2.05. The Bertz CT molecular complexity index is 704. The van der Waals surface area contributed by atoms with Gasteiger partial charge >= 0.3 is 0 Å². The Hall–Kier alpha value is -2.21. The Morgan fingerprint density at radius 1 is 1.36 bits per heavy atom. The van der Waals surface area contributed by atoms with Gasteiger partial charge in [0.2, 0.25) is 0 Å². The fraction of sp³-hybridized carbons (Fsp3) is 0.125. The second-order valence-electron chi connectivity index (χ2n) is 4.57. The molecule has 0 aliphatic carbocycles. The van der Waals surface area contributed by atoms with E-state index in [4.69, 9.17) is 4.74 Å². The zero-order valence-corrected chi connectivity index (χ0v) is 13.4. The number of hydrogen-bond donors (Lipinski definition) is 1. The normalized spacial score (nSPS) is 10.7. The molecule has 0 aliphatic heterocycles. The van der Waals surface area contributed by atoms with E-state index < -0.39 is 0 Å². The summed E-state index contributed by atoms with van der Waals surface area (Å²) in [6.07, 6.45) is 1.43. The predicted octanol–water partition coefficient (Wildman–Crippen LogP) is 3.43. The number of halogens is 2. The van der Waals surface area contributed by atoms with Crippen LogP contribution in [0.2, 0.25) is 0 Å². The molecule has 4 nitrogen and oxygen atoms in total. The number of amides is 1. The Morgan fingerprint density at radius 2 is 2.18 bits per heavy atom. The molecule has 0 saturated carbocycles. The fourth-order valence-electron chi connectivity index (χ4n) is 1.66. The van der Waals surface area contributed by atoms with Crippen LogP contribution in [0.15, 0.2) is 52.0 Å². The summed E-state index contributed by atoms with van der Waals surface area (Å²) in [6.45, 7) is 1.81. The topological polar surface area (TPSA) is 50.7 Å². The van der Waals surface area contributed by atoms with E-state index in [1.807, 2.05) is 25.1 Å². The quantitative estimate of drug-likeness (QED) is 0.652. The highest BCUT2D eigenvalue weighted by molar-refractivity contribution is 9.10. The Balaban J connectivity index is 1.82. The van der Waals surface area contributed by atoms with Gasteiger partial charge in [-0.3, -0.25) is 4.79 Å². The van der Waals surface area contributed by atoms with E-state index in [0.717, 1.165) is 5.56 Å². The molecule has 2 rings (SSSR count). The van der Waals surface area contributed by atoms with Gasteiger partial charge in [0, 0.05) is 0 Å². The molecule has 114 valence electrons. The van der Waals surface area contributed by atoms with Crippen molar-refractivity contribution in [2.45, 2.75) is 6.92 Å². The van der Waals surface area contributed by atoms with Gasteiger partial charge in [0.1, 0.15) is 11.6 Å². The first-order chi connectivity index (χ1) is 10.5. The van der Waals surface area contributed by atoms with Gasteiger partial charge in [-0.15, -0.1) is 0 Å². The lowest BCUT2D eigenvalue weighted by Crippen LogP contribution is -2.24. The maximum absolute atomic E-state index is 13.1. The minimum Gasteiger partial charge on any atom is -0.484 e. The van der Waals surface area contributed by atoms with Gasteiger partial charge in [-0.2, -0.15) is 5.10 Å². The van der Waals surface area contributed by atoms with Crippen molar-refractivity contribution >= 4 is 28.1 Å². The van der Waals surface area contributed by atoms with Crippen molar-refractivity contribution in [1.29, 1.82) is 0 Å². The van der Waals surface area contributed by atoms with Gasteiger partial charge in [0.15, 0.2) is 6.61 Å². The van der Waals surface area contributed by atoms with Crippen LogP contribution in [-0.4, -0.2) is 18.7 Å². The third kappa shape index (κ3) is 4.96. The van der Waals surface area contributed by atoms with Crippen LogP contribution in [-0.2, 0) is 4.79 Å². The van der Waals surface area contributed by atoms with Crippen LogP contribution in [0.1, 0.15) is 11.1 Å². The molecule has 1 N–H and O–H groups in total. The van der Waals surface area contributed by atoms with Crippen molar-refractivity contribution in [2.24, 2.45) is 5.10 Å². The molecule has 0 aliphatic rings. The van der Waals surface area contributed by atoms with Gasteiger partial charge < -0.3 is 4.74 Å². The maximum Gasteiger partial charge on any atom is 0.277 e. The van der Waals surface area contributed by atoms with Crippen molar-refractivity contribution in [1.82, 2.24) is 5.43 Å². The molecule has 0 heterocycles. The molecule has 2 aromatic carbocycles. The Labute approximate surface area is 136 Å². The Morgan fingerprint density at radius 3 is 2.91 bits per heavy atom. The minimum atomic E-state index is -0.376. The predicted molar refractivity (Wildman–Crippen MR) is 86.5 cm³/mol. The minimum absolute atomic E-state index is 0.131. The average molecular weight is 365 g/mol. The van der Waals surface area contributed by atoms with Crippen LogP contribution in [0.5, 0.6) is 5.75 Å². The highest BCUT2D eigenvalue weighted by Crippen LogP contribution is 2.15.